The largest absolute Gasteiger partial charge is 0.308 e. The molecule has 0 unspecified atom stereocenters. The molecule has 2 aromatic heterocycles. The average Bonchev–Trinajstić information content (AvgIpc) is 3.67. The van der Waals surface area contributed by atoms with Crippen molar-refractivity contribution in [1.29, 1.82) is 10.5 Å². The maximum atomic E-state index is 10.9. The van der Waals surface area contributed by atoms with Crippen molar-refractivity contribution in [3.8, 4) is 34.6 Å². The van der Waals surface area contributed by atoms with Crippen molar-refractivity contribution in [1.82, 2.24) is 9.13 Å². The van der Waals surface area contributed by atoms with Crippen molar-refractivity contribution in [2.24, 2.45) is 0 Å². The van der Waals surface area contributed by atoms with Crippen LogP contribution in [-0.4, -0.2) is 9.13 Å². The second-order valence-corrected chi connectivity index (χ2v) is 20.8. The molecule has 59 heavy (non-hydrogen) atoms. The molecule has 0 aliphatic rings. The number of aromatic nitrogens is 2. The minimum Gasteiger partial charge on any atom is -0.308 e. The molecule has 2 heterocycles. The molecule has 296 valence electrons. The van der Waals surface area contributed by atoms with Crippen LogP contribution in [0.5, 0.6) is 0 Å². The molecule has 6 aromatic carbocycles. The molecule has 0 N–H and O–H groups in total. The molecule has 8 aromatic rings. The van der Waals surface area contributed by atoms with Gasteiger partial charge in [0.15, 0.2) is 0 Å². The Morgan fingerprint density at radius 3 is 0.983 bits per heavy atom. The van der Waals surface area contributed by atoms with Crippen LogP contribution in [0, 0.1) is 29.6 Å². The monoisotopic (exact) mass is 772 g/mol. The number of fused-ring (bicyclic) bond motifs is 6. The van der Waals surface area contributed by atoms with Gasteiger partial charge >= 0.3 is 0 Å². The molecule has 8 rings (SSSR count). The summed E-state index contributed by atoms with van der Waals surface area (Å²) in [6.45, 7) is 29.2. The predicted octanol–water partition coefficient (Wildman–Crippen LogP) is 14.8. The molecule has 0 fully saturated rings. The summed E-state index contributed by atoms with van der Waals surface area (Å²) in [5.74, 6) is 0. The fraction of sp³-hybridized carbons (Fsp3) is 0.309. The first-order chi connectivity index (χ1) is 27.6. The van der Waals surface area contributed by atoms with E-state index < -0.39 is 0 Å². The quantitative estimate of drug-likeness (QED) is 0.180. The van der Waals surface area contributed by atoms with E-state index in [1.54, 1.807) is 0 Å². The van der Waals surface area contributed by atoms with E-state index in [1.165, 1.54) is 43.8 Å². The Labute approximate surface area is 350 Å². The van der Waals surface area contributed by atoms with E-state index in [4.69, 9.17) is 0 Å². The van der Waals surface area contributed by atoms with Crippen molar-refractivity contribution in [3.05, 3.63) is 142 Å². The molecule has 4 nitrogen and oxygen atoms in total. The van der Waals surface area contributed by atoms with E-state index in [-0.39, 0.29) is 21.7 Å². The van der Waals surface area contributed by atoms with Gasteiger partial charge in [-0.2, -0.15) is 10.5 Å². The van der Waals surface area contributed by atoms with Crippen LogP contribution >= 0.6 is 0 Å². The lowest BCUT2D eigenvalue weighted by Gasteiger charge is -2.23. The molecule has 4 heteroatoms. The zero-order chi connectivity index (χ0) is 42.6. The predicted molar refractivity (Wildman–Crippen MR) is 250 cm³/mol. The SMILES string of the molecule is Cc1cc(C#N)cc(-c2c(-n3c4ccc(C(C)(C)C)cc4c4cc(C(C)(C)C)ccc43)cc(C#N)cc2-n2c3ccc(C(C)(C)C)cc3c3cc(C(C)(C)C)ccc32)c1. The van der Waals surface area contributed by atoms with Crippen molar-refractivity contribution in [2.45, 2.75) is 112 Å². The highest BCUT2D eigenvalue weighted by atomic mass is 15.0. The zero-order valence-electron chi connectivity index (χ0n) is 37.1. The van der Waals surface area contributed by atoms with E-state index in [1.807, 2.05) is 24.3 Å². The molecule has 0 atom stereocenters. The van der Waals surface area contributed by atoms with Crippen molar-refractivity contribution < 1.29 is 0 Å². The van der Waals surface area contributed by atoms with Gasteiger partial charge in [0.25, 0.3) is 0 Å². The van der Waals surface area contributed by atoms with Gasteiger partial charge in [0.05, 0.1) is 56.7 Å². The third kappa shape index (κ3) is 6.80. The standard InChI is InChI=1S/C55H56N4/c1-33-22-34(31-56)24-36(23-33)51-49(58-45-18-14-37(52(2,3)4)27-41(45)42-28-38(53(5,6)7)15-19-46(42)58)25-35(32-57)26-50(51)59-47-20-16-39(54(8,9)10)29-43(47)44-30-40(55(11,12)13)17-21-48(44)59/h14-30H,1-13H3. The summed E-state index contributed by atoms with van der Waals surface area (Å²) in [6.07, 6.45) is 0. The van der Waals surface area contributed by atoms with Crippen molar-refractivity contribution in [2.75, 3.05) is 0 Å². The normalized spacial score (nSPS) is 12.8. The number of hydrogen-bond acceptors (Lipinski definition) is 2. The number of hydrogen-bond donors (Lipinski definition) is 0. The van der Waals surface area contributed by atoms with Gasteiger partial charge in [-0.25, -0.2) is 0 Å². The van der Waals surface area contributed by atoms with E-state index in [0.29, 0.717) is 11.1 Å². The van der Waals surface area contributed by atoms with Crippen LogP contribution in [-0.2, 0) is 21.7 Å². The lowest BCUT2D eigenvalue weighted by molar-refractivity contribution is 0.590. The average molecular weight is 773 g/mol. The van der Waals surface area contributed by atoms with Crippen LogP contribution in [0.15, 0.2) is 103 Å². The highest BCUT2D eigenvalue weighted by Gasteiger charge is 2.27. The highest BCUT2D eigenvalue weighted by molar-refractivity contribution is 6.12. The van der Waals surface area contributed by atoms with Crippen LogP contribution in [0.2, 0.25) is 0 Å². The lowest BCUT2D eigenvalue weighted by atomic mass is 9.85. The van der Waals surface area contributed by atoms with Crippen LogP contribution in [0.25, 0.3) is 66.1 Å². The molecule has 0 saturated carbocycles. The zero-order valence-corrected chi connectivity index (χ0v) is 37.1. The van der Waals surface area contributed by atoms with Gasteiger partial charge in [0.2, 0.25) is 0 Å². The summed E-state index contributed by atoms with van der Waals surface area (Å²) in [5, 5.41) is 26.0. The third-order valence-corrected chi connectivity index (χ3v) is 12.2. The van der Waals surface area contributed by atoms with Crippen LogP contribution in [0.1, 0.15) is 122 Å². The van der Waals surface area contributed by atoms with Crippen LogP contribution < -0.4 is 0 Å². The van der Waals surface area contributed by atoms with E-state index in [0.717, 1.165) is 50.1 Å². The minimum atomic E-state index is -0.0468. The molecule has 0 aliphatic heterocycles. The fourth-order valence-corrected chi connectivity index (χ4v) is 8.75. The lowest BCUT2D eigenvalue weighted by Crippen LogP contribution is -2.10. The minimum absolute atomic E-state index is 0.0468. The second kappa shape index (κ2) is 13.5. The van der Waals surface area contributed by atoms with E-state index in [9.17, 15) is 10.5 Å². The molecule has 0 saturated heterocycles. The highest BCUT2D eigenvalue weighted by Crippen LogP contribution is 2.45. The van der Waals surface area contributed by atoms with E-state index in [2.05, 4.69) is 190 Å². The molecular formula is C55H56N4. The molecule has 0 bridgehead atoms. The van der Waals surface area contributed by atoms with Crippen LogP contribution in [0.4, 0.5) is 0 Å². The first-order valence-corrected chi connectivity index (χ1v) is 20.9. The molecular weight excluding hydrogens is 717 g/mol. The van der Waals surface area contributed by atoms with Crippen LogP contribution in [0.3, 0.4) is 0 Å². The fourth-order valence-electron chi connectivity index (χ4n) is 8.75. The maximum Gasteiger partial charge on any atom is 0.0993 e. The van der Waals surface area contributed by atoms with Gasteiger partial charge in [-0.05, 0) is 135 Å². The number of benzene rings is 6. The van der Waals surface area contributed by atoms with E-state index >= 15 is 0 Å². The topological polar surface area (TPSA) is 57.4 Å². The number of rotatable bonds is 3. The summed E-state index contributed by atoms with van der Waals surface area (Å²) < 4.78 is 4.72. The van der Waals surface area contributed by atoms with Crippen molar-refractivity contribution in [3.63, 3.8) is 0 Å². The Morgan fingerprint density at radius 1 is 0.390 bits per heavy atom. The first kappa shape index (κ1) is 39.7. The van der Waals surface area contributed by atoms with Gasteiger partial charge in [-0.3, -0.25) is 0 Å². The molecule has 0 aliphatic carbocycles. The smallest absolute Gasteiger partial charge is 0.0993 e. The Hall–Kier alpha value is -6.10. The summed E-state index contributed by atoms with van der Waals surface area (Å²) in [7, 11) is 0. The second-order valence-electron chi connectivity index (χ2n) is 20.8. The number of nitrogens with zero attached hydrogens (tertiary/aromatic N) is 4. The van der Waals surface area contributed by atoms with Gasteiger partial charge < -0.3 is 9.13 Å². The Balaban J connectivity index is 1.60. The van der Waals surface area contributed by atoms with Crippen molar-refractivity contribution >= 4 is 43.6 Å². The first-order valence-electron chi connectivity index (χ1n) is 20.9. The summed E-state index contributed by atoms with van der Waals surface area (Å²) in [6, 6.07) is 42.7. The molecule has 0 amide bonds. The maximum absolute atomic E-state index is 10.9. The Kier molecular flexibility index (Phi) is 9.07. The summed E-state index contributed by atoms with van der Waals surface area (Å²) >= 11 is 0. The Morgan fingerprint density at radius 2 is 0.695 bits per heavy atom. The third-order valence-electron chi connectivity index (χ3n) is 12.2. The van der Waals surface area contributed by atoms with Gasteiger partial charge in [0.1, 0.15) is 0 Å². The summed E-state index contributed by atoms with van der Waals surface area (Å²) in [4.78, 5) is 0. The summed E-state index contributed by atoms with van der Waals surface area (Å²) in [5.41, 5.74) is 15.0. The number of nitriles is 2. The molecule has 0 radical (unpaired) electrons. The molecule has 0 spiro atoms. The van der Waals surface area contributed by atoms with Gasteiger partial charge in [-0.15, -0.1) is 0 Å². The number of aryl methyl sites for hydroxylation is 1. The van der Waals surface area contributed by atoms with Gasteiger partial charge in [-0.1, -0.05) is 113 Å². The Bertz CT molecular complexity index is 2790. The van der Waals surface area contributed by atoms with Gasteiger partial charge in [0, 0.05) is 27.1 Å².